The number of aryl methyl sites for hydroxylation is 2. The summed E-state index contributed by atoms with van der Waals surface area (Å²) in [6.45, 7) is 0. The first-order chi connectivity index (χ1) is 14.7. The van der Waals surface area contributed by atoms with Crippen LogP contribution in [0.2, 0.25) is 0 Å². The number of H-pyrrole nitrogens is 1. The molecule has 0 saturated heterocycles. The summed E-state index contributed by atoms with van der Waals surface area (Å²) in [5, 5.41) is 0. The molecule has 0 amide bonds. The molecule has 4 heterocycles. The maximum atomic E-state index is 12.4. The van der Waals surface area contributed by atoms with Crippen molar-refractivity contribution < 1.29 is 0 Å². The Hall–Kier alpha value is -3.81. The highest BCUT2D eigenvalue weighted by atomic mass is 16.1. The van der Waals surface area contributed by atoms with Gasteiger partial charge in [-0.15, -0.1) is 0 Å². The van der Waals surface area contributed by atoms with Crippen LogP contribution in [0.3, 0.4) is 0 Å². The van der Waals surface area contributed by atoms with Gasteiger partial charge in [0.25, 0.3) is 0 Å². The highest BCUT2D eigenvalue weighted by Crippen LogP contribution is 2.38. The molecule has 8 heteroatoms. The van der Waals surface area contributed by atoms with Crippen LogP contribution < -0.4 is 5.69 Å². The quantitative estimate of drug-likeness (QED) is 0.494. The molecular weight excluding hydrogens is 378 g/mol. The Balaban J connectivity index is 1.65. The summed E-state index contributed by atoms with van der Waals surface area (Å²) >= 11 is 0. The molecule has 30 heavy (non-hydrogen) atoms. The van der Waals surface area contributed by atoms with Crippen molar-refractivity contribution in [3.05, 3.63) is 76.4 Å². The van der Waals surface area contributed by atoms with E-state index in [-0.39, 0.29) is 11.6 Å². The second kappa shape index (κ2) is 6.35. The Morgan fingerprint density at radius 2 is 2.07 bits per heavy atom. The summed E-state index contributed by atoms with van der Waals surface area (Å²) in [5.41, 5.74) is 6.24. The van der Waals surface area contributed by atoms with Gasteiger partial charge >= 0.3 is 5.69 Å². The van der Waals surface area contributed by atoms with Crippen LogP contribution >= 0.6 is 0 Å². The number of nitrogens with one attached hydrogen (secondary N) is 1. The number of hydrogen-bond acceptors (Lipinski definition) is 5. The fourth-order valence-corrected chi connectivity index (χ4v) is 4.57. The molecule has 1 aliphatic carbocycles. The number of imidazole rings is 2. The number of fused-ring (bicyclic) bond motifs is 3. The first kappa shape index (κ1) is 17.1. The maximum Gasteiger partial charge on any atom is 0.327 e. The van der Waals surface area contributed by atoms with Gasteiger partial charge in [-0.05, 0) is 36.5 Å². The number of benzene rings is 1. The van der Waals surface area contributed by atoms with Crippen LogP contribution in [0.4, 0.5) is 0 Å². The molecule has 4 aromatic heterocycles. The van der Waals surface area contributed by atoms with Gasteiger partial charge in [0.1, 0.15) is 11.8 Å². The molecule has 148 valence electrons. The second-order valence-corrected chi connectivity index (χ2v) is 7.72. The summed E-state index contributed by atoms with van der Waals surface area (Å²) in [6, 6.07) is 10.4. The van der Waals surface area contributed by atoms with Gasteiger partial charge in [-0.25, -0.2) is 14.8 Å². The standard InChI is InChI=1S/C22H19N7O/c1-28-19-18(15-8-4-6-13-5-2-3-7-14(13)15)25-21(26-20(19)27-22(28)30)29-12-24-16-9-10-23-11-17(16)29/h2-3,5,7,9-12,15H,4,6,8H2,1H3,(H,25,26,27,30). The summed E-state index contributed by atoms with van der Waals surface area (Å²) in [4.78, 5) is 33.6. The van der Waals surface area contributed by atoms with E-state index in [0.29, 0.717) is 11.6 Å². The van der Waals surface area contributed by atoms with Crippen molar-refractivity contribution in [2.75, 3.05) is 0 Å². The van der Waals surface area contributed by atoms with Crippen molar-refractivity contribution >= 4 is 22.2 Å². The molecular formula is C22H19N7O. The minimum absolute atomic E-state index is 0.105. The lowest BCUT2D eigenvalue weighted by molar-refractivity contribution is 0.603. The van der Waals surface area contributed by atoms with Gasteiger partial charge in [-0.3, -0.25) is 19.1 Å². The average molecular weight is 397 g/mol. The molecule has 0 aliphatic heterocycles. The van der Waals surface area contributed by atoms with Gasteiger partial charge < -0.3 is 0 Å². The Kier molecular flexibility index (Phi) is 3.61. The van der Waals surface area contributed by atoms with Gasteiger partial charge in [0.2, 0.25) is 5.95 Å². The highest BCUT2D eigenvalue weighted by Gasteiger charge is 2.27. The number of aromatic nitrogens is 7. The van der Waals surface area contributed by atoms with Crippen molar-refractivity contribution in [2.45, 2.75) is 25.2 Å². The number of pyridine rings is 1. The van der Waals surface area contributed by atoms with E-state index in [2.05, 4.69) is 44.2 Å². The van der Waals surface area contributed by atoms with Crippen molar-refractivity contribution in [2.24, 2.45) is 7.05 Å². The average Bonchev–Trinajstić information content (AvgIpc) is 3.33. The second-order valence-electron chi connectivity index (χ2n) is 7.72. The fourth-order valence-electron chi connectivity index (χ4n) is 4.57. The van der Waals surface area contributed by atoms with E-state index < -0.39 is 0 Å². The number of aromatic amines is 1. The van der Waals surface area contributed by atoms with Crippen molar-refractivity contribution in [3.63, 3.8) is 0 Å². The summed E-state index contributed by atoms with van der Waals surface area (Å²) in [7, 11) is 1.76. The van der Waals surface area contributed by atoms with E-state index in [4.69, 9.17) is 4.98 Å². The fraction of sp³-hybridized carbons (Fsp3) is 0.227. The Labute approximate surface area is 171 Å². The first-order valence-corrected chi connectivity index (χ1v) is 10.0. The van der Waals surface area contributed by atoms with E-state index in [1.54, 1.807) is 30.3 Å². The van der Waals surface area contributed by atoms with Gasteiger partial charge in [0.15, 0.2) is 5.65 Å². The minimum Gasteiger partial charge on any atom is -0.292 e. The zero-order chi connectivity index (χ0) is 20.2. The van der Waals surface area contributed by atoms with E-state index in [1.807, 2.05) is 10.6 Å². The largest absolute Gasteiger partial charge is 0.327 e. The minimum atomic E-state index is -0.195. The summed E-state index contributed by atoms with van der Waals surface area (Å²) < 4.78 is 3.44. The smallest absolute Gasteiger partial charge is 0.292 e. The first-order valence-electron chi connectivity index (χ1n) is 10.0. The third-order valence-corrected chi connectivity index (χ3v) is 6.03. The topological polar surface area (TPSA) is 94.3 Å². The van der Waals surface area contributed by atoms with Crippen molar-refractivity contribution in [1.82, 2.24) is 34.1 Å². The monoisotopic (exact) mass is 397 g/mol. The van der Waals surface area contributed by atoms with Gasteiger partial charge in [-0.1, -0.05) is 24.3 Å². The normalized spacial score (nSPS) is 16.2. The molecule has 5 aromatic rings. The van der Waals surface area contributed by atoms with Crippen LogP contribution in [0.25, 0.3) is 28.1 Å². The molecule has 6 rings (SSSR count). The Bertz CT molecular complexity index is 1480. The number of nitrogens with zero attached hydrogens (tertiary/aromatic N) is 6. The summed E-state index contributed by atoms with van der Waals surface area (Å²) in [5.74, 6) is 0.589. The number of rotatable bonds is 2. The maximum absolute atomic E-state index is 12.4. The van der Waals surface area contributed by atoms with Gasteiger partial charge in [0, 0.05) is 19.2 Å². The van der Waals surface area contributed by atoms with Crippen LogP contribution in [0, 0.1) is 0 Å². The van der Waals surface area contributed by atoms with E-state index >= 15 is 0 Å². The molecule has 0 fully saturated rings. The molecule has 1 unspecified atom stereocenters. The molecule has 1 N–H and O–H groups in total. The van der Waals surface area contributed by atoms with Crippen LogP contribution in [-0.4, -0.2) is 34.1 Å². The third-order valence-electron chi connectivity index (χ3n) is 6.03. The van der Waals surface area contributed by atoms with Crippen LogP contribution in [0.1, 0.15) is 35.6 Å². The molecule has 0 spiro atoms. The molecule has 0 saturated carbocycles. The molecule has 0 radical (unpaired) electrons. The number of hydrogen-bond donors (Lipinski definition) is 1. The highest BCUT2D eigenvalue weighted by molar-refractivity contribution is 5.78. The van der Waals surface area contributed by atoms with E-state index in [9.17, 15) is 4.79 Å². The molecule has 1 aliphatic rings. The van der Waals surface area contributed by atoms with Crippen molar-refractivity contribution in [3.8, 4) is 5.95 Å². The molecule has 1 atom stereocenters. The SMILES string of the molecule is Cn1c(=O)[nH]c2nc(-n3cnc4ccncc43)nc(C3CCCc4ccccc43)c21. The van der Waals surface area contributed by atoms with E-state index in [0.717, 1.165) is 41.5 Å². The third kappa shape index (κ3) is 2.43. The molecule has 8 nitrogen and oxygen atoms in total. The molecule has 0 bridgehead atoms. The van der Waals surface area contributed by atoms with Crippen LogP contribution in [0.15, 0.2) is 53.8 Å². The zero-order valence-electron chi connectivity index (χ0n) is 16.4. The Morgan fingerprint density at radius 1 is 1.17 bits per heavy atom. The van der Waals surface area contributed by atoms with Gasteiger partial charge in [0.05, 0.1) is 22.9 Å². The predicted molar refractivity (Wildman–Crippen MR) is 113 cm³/mol. The van der Waals surface area contributed by atoms with Crippen LogP contribution in [-0.2, 0) is 13.5 Å². The zero-order valence-corrected chi connectivity index (χ0v) is 16.4. The predicted octanol–water partition coefficient (Wildman–Crippen LogP) is 2.86. The lowest BCUT2D eigenvalue weighted by atomic mass is 9.80. The molecule has 1 aromatic carbocycles. The van der Waals surface area contributed by atoms with E-state index in [1.165, 1.54) is 11.1 Å². The van der Waals surface area contributed by atoms with Gasteiger partial charge in [-0.2, -0.15) is 4.98 Å². The van der Waals surface area contributed by atoms with Crippen LogP contribution in [0.5, 0.6) is 0 Å². The summed E-state index contributed by atoms with van der Waals surface area (Å²) in [6.07, 6.45) is 8.29. The Morgan fingerprint density at radius 3 is 3.00 bits per heavy atom. The van der Waals surface area contributed by atoms with Crippen molar-refractivity contribution in [1.29, 1.82) is 0 Å². The lowest BCUT2D eigenvalue weighted by Crippen LogP contribution is -2.17. The lowest BCUT2D eigenvalue weighted by Gasteiger charge is -2.26.